The van der Waals surface area contributed by atoms with Gasteiger partial charge in [0, 0.05) is 12.1 Å². The second-order valence-electron chi connectivity index (χ2n) is 5.21. The lowest BCUT2D eigenvalue weighted by Gasteiger charge is -2.18. The van der Waals surface area contributed by atoms with Gasteiger partial charge in [-0.2, -0.15) is 0 Å². The maximum absolute atomic E-state index is 10.2. The normalized spacial score (nSPS) is 10.8. The molecule has 0 atom stereocenters. The van der Waals surface area contributed by atoms with Crippen molar-refractivity contribution < 1.29 is 15.3 Å². The molecule has 0 heterocycles. The van der Waals surface area contributed by atoms with E-state index in [9.17, 15) is 15.3 Å². The molecular weight excluding hydrogens is 264 g/mol. The van der Waals surface area contributed by atoms with Gasteiger partial charge in [0.1, 0.15) is 17.2 Å². The summed E-state index contributed by atoms with van der Waals surface area (Å²) >= 11 is 0. The highest BCUT2D eigenvalue weighted by Crippen LogP contribution is 2.43. The van der Waals surface area contributed by atoms with E-state index in [4.69, 9.17) is 0 Å². The Hall–Kier alpha value is -2.16. The number of phenolic OH excluding ortho intramolecular Hbond substituents is 3. The quantitative estimate of drug-likeness (QED) is 0.791. The second-order valence-corrected chi connectivity index (χ2v) is 5.21. The van der Waals surface area contributed by atoms with E-state index in [0.29, 0.717) is 5.56 Å². The summed E-state index contributed by atoms with van der Waals surface area (Å²) in [6.45, 7) is 6.24. The summed E-state index contributed by atoms with van der Waals surface area (Å²) in [5.74, 6) is -0.336. The van der Waals surface area contributed by atoms with Crippen LogP contribution in [0.25, 0.3) is 11.1 Å². The summed E-state index contributed by atoms with van der Waals surface area (Å²) in [5.41, 5.74) is 4.74. The van der Waals surface area contributed by atoms with Crippen molar-refractivity contribution >= 4 is 0 Å². The average Bonchev–Trinajstić information content (AvgIpc) is 2.45. The van der Waals surface area contributed by atoms with Gasteiger partial charge in [0.2, 0.25) is 0 Å². The molecule has 2 rings (SSSR count). The van der Waals surface area contributed by atoms with Crippen molar-refractivity contribution in [1.29, 1.82) is 0 Å². The first-order valence-electron chi connectivity index (χ1n) is 7.41. The van der Waals surface area contributed by atoms with E-state index in [2.05, 4.69) is 32.9 Å². The number of aromatic hydroxyl groups is 3. The highest BCUT2D eigenvalue weighted by atomic mass is 16.3. The molecule has 0 spiro atoms. The lowest BCUT2D eigenvalue weighted by Crippen LogP contribution is -1.98. The minimum atomic E-state index is -0.143. The Kier molecular flexibility index (Phi) is 4.41. The smallest absolute Gasteiger partial charge is 0.130 e. The van der Waals surface area contributed by atoms with Gasteiger partial charge in [-0.05, 0) is 41.5 Å². The van der Waals surface area contributed by atoms with Crippen LogP contribution in [0.5, 0.6) is 17.2 Å². The summed E-state index contributed by atoms with van der Waals surface area (Å²) in [5, 5.41) is 29.8. The molecule has 0 fully saturated rings. The lowest BCUT2D eigenvalue weighted by molar-refractivity contribution is 0.430. The standard InChI is InChI=1S/C18H22O3/c1-4-11-7-12(5-2)17(13(6-3)8-11)18-15(20)9-14(19)10-16(18)21/h7-10,19-21H,4-6H2,1-3H3. The Morgan fingerprint density at radius 2 is 1.14 bits per heavy atom. The maximum Gasteiger partial charge on any atom is 0.130 e. The Morgan fingerprint density at radius 1 is 0.667 bits per heavy atom. The summed E-state index contributed by atoms with van der Waals surface area (Å²) in [6, 6.07) is 6.78. The molecule has 0 amide bonds. The van der Waals surface area contributed by atoms with E-state index >= 15 is 0 Å². The first kappa shape index (κ1) is 15.2. The molecule has 0 saturated heterocycles. The van der Waals surface area contributed by atoms with Gasteiger partial charge in [0.25, 0.3) is 0 Å². The Bertz CT molecular complexity index is 611. The van der Waals surface area contributed by atoms with Crippen molar-refractivity contribution in [2.24, 2.45) is 0 Å². The topological polar surface area (TPSA) is 60.7 Å². The molecule has 21 heavy (non-hydrogen) atoms. The number of hydrogen-bond donors (Lipinski definition) is 3. The summed E-state index contributed by atoms with van der Waals surface area (Å²) in [7, 11) is 0. The number of phenols is 3. The van der Waals surface area contributed by atoms with Gasteiger partial charge in [-0.25, -0.2) is 0 Å². The zero-order chi connectivity index (χ0) is 15.6. The van der Waals surface area contributed by atoms with Crippen molar-refractivity contribution in [2.75, 3.05) is 0 Å². The minimum Gasteiger partial charge on any atom is -0.508 e. The van der Waals surface area contributed by atoms with Gasteiger partial charge in [-0.15, -0.1) is 0 Å². The van der Waals surface area contributed by atoms with Crippen LogP contribution in [0.1, 0.15) is 37.5 Å². The van der Waals surface area contributed by atoms with E-state index in [0.717, 1.165) is 36.0 Å². The number of aryl methyl sites for hydroxylation is 3. The highest BCUT2D eigenvalue weighted by Gasteiger charge is 2.18. The van der Waals surface area contributed by atoms with Crippen LogP contribution >= 0.6 is 0 Å². The molecule has 0 unspecified atom stereocenters. The Labute approximate surface area is 125 Å². The average molecular weight is 286 g/mol. The van der Waals surface area contributed by atoms with Crippen LogP contribution in [-0.4, -0.2) is 15.3 Å². The van der Waals surface area contributed by atoms with Crippen molar-refractivity contribution in [1.82, 2.24) is 0 Å². The SMILES string of the molecule is CCc1cc(CC)c(-c2c(O)cc(O)cc2O)c(CC)c1. The first-order valence-corrected chi connectivity index (χ1v) is 7.41. The van der Waals surface area contributed by atoms with E-state index in [1.54, 1.807) is 0 Å². The van der Waals surface area contributed by atoms with Crippen LogP contribution in [0.2, 0.25) is 0 Å². The highest BCUT2D eigenvalue weighted by molar-refractivity contribution is 5.82. The molecule has 0 bridgehead atoms. The van der Waals surface area contributed by atoms with Gasteiger partial charge in [-0.1, -0.05) is 32.9 Å². The van der Waals surface area contributed by atoms with Gasteiger partial charge < -0.3 is 15.3 Å². The molecule has 3 N–H and O–H groups in total. The van der Waals surface area contributed by atoms with Crippen molar-refractivity contribution in [3.05, 3.63) is 41.0 Å². The minimum absolute atomic E-state index is 0.0962. The summed E-state index contributed by atoms with van der Waals surface area (Å²) in [4.78, 5) is 0. The zero-order valence-electron chi connectivity index (χ0n) is 12.8. The van der Waals surface area contributed by atoms with Crippen LogP contribution in [0.3, 0.4) is 0 Å². The van der Waals surface area contributed by atoms with Gasteiger partial charge in [0.15, 0.2) is 0 Å². The fourth-order valence-electron chi connectivity index (χ4n) is 2.78. The molecule has 2 aromatic rings. The van der Waals surface area contributed by atoms with Gasteiger partial charge in [-0.3, -0.25) is 0 Å². The molecular formula is C18H22O3. The number of rotatable bonds is 4. The van der Waals surface area contributed by atoms with Gasteiger partial charge >= 0.3 is 0 Å². The molecule has 0 radical (unpaired) electrons. The lowest BCUT2D eigenvalue weighted by atomic mass is 9.88. The third-order valence-corrected chi connectivity index (χ3v) is 3.86. The molecule has 3 heteroatoms. The van der Waals surface area contributed by atoms with Crippen molar-refractivity contribution in [2.45, 2.75) is 40.0 Å². The molecule has 112 valence electrons. The fraction of sp³-hybridized carbons (Fsp3) is 0.333. The van der Waals surface area contributed by atoms with Crippen molar-refractivity contribution in [3.8, 4) is 28.4 Å². The van der Waals surface area contributed by atoms with E-state index < -0.39 is 0 Å². The van der Waals surface area contributed by atoms with Crippen LogP contribution < -0.4 is 0 Å². The molecule has 0 aliphatic rings. The van der Waals surface area contributed by atoms with Crippen LogP contribution in [0.15, 0.2) is 24.3 Å². The number of hydrogen-bond acceptors (Lipinski definition) is 3. The van der Waals surface area contributed by atoms with Crippen molar-refractivity contribution in [3.63, 3.8) is 0 Å². The Balaban J connectivity index is 2.79. The van der Waals surface area contributed by atoms with Crippen LogP contribution in [0, 0.1) is 0 Å². The van der Waals surface area contributed by atoms with E-state index in [1.165, 1.54) is 17.7 Å². The molecule has 3 nitrogen and oxygen atoms in total. The van der Waals surface area contributed by atoms with E-state index in [1.807, 2.05) is 0 Å². The van der Waals surface area contributed by atoms with Crippen LogP contribution in [-0.2, 0) is 19.3 Å². The number of benzene rings is 2. The molecule has 0 saturated carbocycles. The third-order valence-electron chi connectivity index (χ3n) is 3.86. The third kappa shape index (κ3) is 2.82. The van der Waals surface area contributed by atoms with Gasteiger partial charge in [0.05, 0.1) is 5.56 Å². The fourth-order valence-corrected chi connectivity index (χ4v) is 2.78. The molecule has 2 aromatic carbocycles. The predicted molar refractivity (Wildman–Crippen MR) is 85.0 cm³/mol. The maximum atomic E-state index is 10.2. The first-order chi connectivity index (χ1) is 10.0. The largest absolute Gasteiger partial charge is 0.508 e. The monoisotopic (exact) mass is 286 g/mol. The predicted octanol–water partition coefficient (Wildman–Crippen LogP) is 4.16. The summed E-state index contributed by atoms with van der Waals surface area (Å²) < 4.78 is 0. The van der Waals surface area contributed by atoms with E-state index in [-0.39, 0.29) is 17.2 Å². The molecule has 0 aliphatic heterocycles. The Morgan fingerprint density at radius 3 is 1.52 bits per heavy atom. The second kappa shape index (κ2) is 6.08. The van der Waals surface area contributed by atoms with Crippen LogP contribution in [0.4, 0.5) is 0 Å². The summed E-state index contributed by atoms with van der Waals surface area (Å²) in [6.07, 6.45) is 2.58. The molecule has 0 aliphatic carbocycles. The zero-order valence-corrected chi connectivity index (χ0v) is 12.8. The molecule has 0 aromatic heterocycles.